The maximum absolute atomic E-state index is 12.8. The largest absolute Gasteiger partial charge is 0.385 e. The predicted molar refractivity (Wildman–Crippen MR) is 92.1 cm³/mol. The zero-order valence-corrected chi connectivity index (χ0v) is 15.3. The number of methoxy groups -OCH3 is 1. The van der Waals surface area contributed by atoms with Crippen molar-refractivity contribution in [1.29, 1.82) is 5.26 Å². The van der Waals surface area contributed by atoms with E-state index in [0.717, 1.165) is 19.3 Å². The van der Waals surface area contributed by atoms with Crippen molar-refractivity contribution in [3.63, 3.8) is 0 Å². The number of nitrogens with zero attached hydrogens (tertiary/aromatic N) is 3. The molecule has 1 saturated heterocycles. The second-order valence-electron chi connectivity index (χ2n) is 6.40. The molecule has 0 amide bonds. The normalized spacial score (nSPS) is 18.5. The minimum atomic E-state index is -3.51. The van der Waals surface area contributed by atoms with Crippen LogP contribution in [0.2, 0.25) is 0 Å². The molecular weight excluding hydrogens is 326 g/mol. The summed E-state index contributed by atoms with van der Waals surface area (Å²) >= 11 is 0. The van der Waals surface area contributed by atoms with Gasteiger partial charge in [0.2, 0.25) is 10.0 Å². The van der Waals surface area contributed by atoms with Crippen LogP contribution >= 0.6 is 0 Å². The van der Waals surface area contributed by atoms with Crippen molar-refractivity contribution in [2.75, 3.05) is 40.9 Å². The Morgan fingerprint density at radius 3 is 2.29 bits per heavy atom. The van der Waals surface area contributed by atoms with Gasteiger partial charge in [0.1, 0.15) is 0 Å². The third kappa shape index (κ3) is 3.78. The molecule has 0 radical (unpaired) electrons. The van der Waals surface area contributed by atoms with Gasteiger partial charge >= 0.3 is 0 Å². The monoisotopic (exact) mass is 351 g/mol. The molecule has 1 aliphatic rings. The third-order valence-corrected chi connectivity index (χ3v) is 6.91. The Hall–Kier alpha value is -1.46. The molecule has 1 fully saturated rings. The number of benzene rings is 1. The van der Waals surface area contributed by atoms with Gasteiger partial charge in [0.25, 0.3) is 0 Å². The first-order valence-electron chi connectivity index (χ1n) is 8.02. The van der Waals surface area contributed by atoms with Crippen LogP contribution in [-0.2, 0) is 14.8 Å². The second-order valence-corrected chi connectivity index (χ2v) is 8.34. The van der Waals surface area contributed by atoms with Crippen molar-refractivity contribution in [2.45, 2.75) is 29.7 Å². The fourth-order valence-corrected chi connectivity index (χ4v) is 4.65. The van der Waals surface area contributed by atoms with Crippen LogP contribution in [0, 0.1) is 11.3 Å². The first kappa shape index (κ1) is 18.9. The van der Waals surface area contributed by atoms with E-state index in [-0.39, 0.29) is 10.4 Å². The summed E-state index contributed by atoms with van der Waals surface area (Å²) in [4.78, 5) is 2.44. The van der Waals surface area contributed by atoms with Crippen molar-refractivity contribution < 1.29 is 13.2 Å². The molecule has 0 bridgehead atoms. The van der Waals surface area contributed by atoms with Gasteiger partial charge in [0.05, 0.1) is 16.5 Å². The zero-order chi connectivity index (χ0) is 17.8. The second kappa shape index (κ2) is 7.62. The first-order valence-corrected chi connectivity index (χ1v) is 9.46. The average molecular weight is 351 g/mol. The molecule has 1 aromatic carbocycles. The molecule has 0 atom stereocenters. The maximum atomic E-state index is 12.8. The van der Waals surface area contributed by atoms with Gasteiger partial charge in [-0.05, 0) is 57.6 Å². The van der Waals surface area contributed by atoms with Crippen LogP contribution in [0.5, 0.6) is 0 Å². The summed E-state index contributed by atoms with van der Waals surface area (Å²) in [5.74, 6) is 0. The van der Waals surface area contributed by atoms with Crippen LogP contribution in [0.25, 0.3) is 0 Å². The SMILES string of the molecule is COCCC1(N(C)C)CCN(S(=O)(=O)c2ccc(C#N)cc2)CC1. The maximum Gasteiger partial charge on any atom is 0.243 e. The lowest BCUT2D eigenvalue weighted by molar-refractivity contribution is 0.0467. The quantitative estimate of drug-likeness (QED) is 0.780. The summed E-state index contributed by atoms with van der Waals surface area (Å²) in [7, 11) is 2.26. The standard InChI is InChI=1S/C17H25N3O3S/c1-19(2)17(10-13-23-3)8-11-20(12-9-17)24(21,22)16-6-4-15(14-18)5-7-16/h4-7H,8-13H2,1-3H3. The topological polar surface area (TPSA) is 73.6 Å². The lowest BCUT2D eigenvalue weighted by Crippen LogP contribution is -2.54. The van der Waals surface area contributed by atoms with Gasteiger partial charge in [-0.25, -0.2) is 8.42 Å². The van der Waals surface area contributed by atoms with Gasteiger partial charge in [0.15, 0.2) is 0 Å². The van der Waals surface area contributed by atoms with Gasteiger partial charge in [-0.3, -0.25) is 0 Å². The van der Waals surface area contributed by atoms with Crippen LogP contribution < -0.4 is 0 Å². The first-order chi connectivity index (χ1) is 11.4. The summed E-state index contributed by atoms with van der Waals surface area (Å²) in [5.41, 5.74) is 0.436. The molecule has 1 aliphatic heterocycles. The molecule has 0 aromatic heterocycles. The van der Waals surface area contributed by atoms with E-state index < -0.39 is 10.0 Å². The third-order valence-electron chi connectivity index (χ3n) is 4.99. The summed E-state index contributed by atoms with van der Waals surface area (Å²) in [6.07, 6.45) is 2.44. The molecule has 1 heterocycles. The number of piperidine rings is 1. The molecular formula is C17H25N3O3S. The number of hydrogen-bond acceptors (Lipinski definition) is 5. The van der Waals surface area contributed by atoms with Gasteiger partial charge in [0, 0.05) is 32.3 Å². The molecule has 132 valence electrons. The van der Waals surface area contributed by atoms with E-state index in [0.29, 0.717) is 25.3 Å². The fraction of sp³-hybridized carbons (Fsp3) is 0.588. The highest BCUT2D eigenvalue weighted by Crippen LogP contribution is 2.32. The van der Waals surface area contributed by atoms with Gasteiger partial charge in [-0.2, -0.15) is 9.57 Å². The van der Waals surface area contributed by atoms with E-state index in [4.69, 9.17) is 10.00 Å². The van der Waals surface area contributed by atoms with E-state index in [9.17, 15) is 8.42 Å². The Kier molecular flexibility index (Phi) is 5.99. The van der Waals surface area contributed by atoms with E-state index in [2.05, 4.69) is 4.90 Å². The van der Waals surface area contributed by atoms with E-state index in [1.807, 2.05) is 20.2 Å². The minimum Gasteiger partial charge on any atom is -0.385 e. The van der Waals surface area contributed by atoms with E-state index in [1.165, 1.54) is 12.1 Å². The highest BCUT2D eigenvalue weighted by Gasteiger charge is 2.39. The summed E-state index contributed by atoms with van der Waals surface area (Å²) in [6.45, 7) is 1.65. The van der Waals surface area contributed by atoms with Gasteiger partial charge in [-0.15, -0.1) is 0 Å². The van der Waals surface area contributed by atoms with Gasteiger partial charge < -0.3 is 9.64 Å². The van der Waals surface area contributed by atoms with E-state index in [1.54, 1.807) is 23.5 Å². The molecule has 0 aliphatic carbocycles. The number of ether oxygens (including phenoxy) is 1. The van der Waals surface area contributed by atoms with Crippen molar-refractivity contribution in [3.05, 3.63) is 29.8 Å². The smallest absolute Gasteiger partial charge is 0.243 e. The molecule has 24 heavy (non-hydrogen) atoms. The summed E-state index contributed by atoms with van der Waals surface area (Å²) < 4.78 is 32.3. The fourth-order valence-electron chi connectivity index (χ4n) is 3.21. The van der Waals surface area contributed by atoms with Gasteiger partial charge in [-0.1, -0.05) is 0 Å². The molecule has 2 rings (SSSR count). The number of sulfonamides is 1. The Morgan fingerprint density at radius 2 is 1.83 bits per heavy atom. The zero-order valence-electron chi connectivity index (χ0n) is 14.5. The van der Waals surface area contributed by atoms with Crippen molar-refractivity contribution >= 4 is 10.0 Å². The number of hydrogen-bond donors (Lipinski definition) is 0. The lowest BCUT2D eigenvalue weighted by Gasteiger charge is -2.45. The molecule has 0 saturated carbocycles. The van der Waals surface area contributed by atoms with Crippen LogP contribution in [0.15, 0.2) is 29.2 Å². The molecule has 6 nitrogen and oxygen atoms in total. The van der Waals surface area contributed by atoms with Crippen molar-refractivity contribution in [2.24, 2.45) is 0 Å². The summed E-state index contributed by atoms with van der Waals surface area (Å²) in [5, 5.41) is 8.84. The minimum absolute atomic E-state index is 0.0211. The molecule has 7 heteroatoms. The van der Waals surface area contributed by atoms with Crippen LogP contribution in [0.3, 0.4) is 0 Å². The predicted octanol–water partition coefficient (Wildman–Crippen LogP) is 1.68. The molecule has 0 spiro atoms. The van der Waals surface area contributed by atoms with E-state index >= 15 is 0 Å². The van der Waals surface area contributed by atoms with Crippen LogP contribution in [0.1, 0.15) is 24.8 Å². The van der Waals surface area contributed by atoms with Crippen LogP contribution in [0.4, 0.5) is 0 Å². The average Bonchev–Trinajstić information content (AvgIpc) is 2.60. The Bertz CT molecular complexity index is 685. The lowest BCUT2D eigenvalue weighted by atomic mass is 9.84. The molecule has 1 aromatic rings. The van der Waals surface area contributed by atoms with Crippen molar-refractivity contribution in [1.82, 2.24) is 9.21 Å². The summed E-state index contributed by atoms with van der Waals surface area (Å²) in [6, 6.07) is 8.10. The highest BCUT2D eigenvalue weighted by atomic mass is 32.2. The van der Waals surface area contributed by atoms with Crippen molar-refractivity contribution in [3.8, 4) is 6.07 Å². The molecule has 0 unspecified atom stereocenters. The number of rotatable bonds is 6. The van der Waals surface area contributed by atoms with Crippen LogP contribution in [-0.4, -0.2) is 64.1 Å². The number of nitriles is 1. The highest BCUT2D eigenvalue weighted by molar-refractivity contribution is 7.89. The Balaban J connectivity index is 2.13. The Morgan fingerprint density at radius 1 is 1.25 bits per heavy atom. The Labute approximate surface area is 144 Å². The molecule has 0 N–H and O–H groups in total.